The molecule has 3 rings (SSSR count). The Hall–Kier alpha value is -2.28. The van der Waals surface area contributed by atoms with E-state index in [4.69, 9.17) is 4.52 Å². The van der Waals surface area contributed by atoms with Crippen molar-refractivity contribution in [2.24, 2.45) is 0 Å². The zero-order chi connectivity index (χ0) is 17.8. The van der Waals surface area contributed by atoms with Crippen molar-refractivity contribution in [3.8, 4) is 0 Å². The molecule has 1 fully saturated rings. The first kappa shape index (κ1) is 17.5. The van der Waals surface area contributed by atoms with Gasteiger partial charge in [-0.25, -0.2) is 0 Å². The largest absolute Gasteiger partial charge is 0.337 e. The molecule has 0 unspecified atom stereocenters. The molecule has 1 aliphatic heterocycles. The van der Waals surface area contributed by atoms with Crippen molar-refractivity contribution in [1.29, 1.82) is 0 Å². The molecule has 2 aromatic heterocycles. The van der Waals surface area contributed by atoms with Crippen molar-refractivity contribution in [3.63, 3.8) is 0 Å². The van der Waals surface area contributed by atoms with Crippen LogP contribution in [-0.4, -0.2) is 51.0 Å². The molecule has 3 heterocycles. The molecule has 0 bridgehead atoms. The lowest BCUT2D eigenvalue weighted by Gasteiger charge is -2.25. The van der Waals surface area contributed by atoms with E-state index in [-0.39, 0.29) is 17.9 Å². The summed E-state index contributed by atoms with van der Waals surface area (Å²) >= 11 is 0. The molecule has 1 atom stereocenters. The molecule has 1 aliphatic rings. The summed E-state index contributed by atoms with van der Waals surface area (Å²) in [5, 5.41) is 4.03. The van der Waals surface area contributed by atoms with E-state index in [9.17, 15) is 4.79 Å². The molecule has 134 valence electrons. The normalized spacial score (nSPS) is 17.6. The Bertz CT molecular complexity index is 701. The third-order valence-electron chi connectivity index (χ3n) is 4.41. The molecular weight excluding hydrogens is 318 g/mol. The monoisotopic (exact) mass is 343 g/mol. The minimum atomic E-state index is -0.0979. The fourth-order valence-corrected chi connectivity index (χ4v) is 3.12. The van der Waals surface area contributed by atoms with Crippen molar-refractivity contribution in [3.05, 3.63) is 41.8 Å². The molecule has 0 saturated carbocycles. The molecule has 0 spiro atoms. The maximum absolute atomic E-state index is 12.7. The number of aromatic nitrogens is 3. The number of pyridine rings is 1. The van der Waals surface area contributed by atoms with Gasteiger partial charge in [0.05, 0.1) is 6.54 Å². The van der Waals surface area contributed by atoms with E-state index in [1.807, 2.05) is 49.0 Å². The van der Waals surface area contributed by atoms with Crippen LogP contribution >= 0.6 is 0 Å². The molecule has 2 aromatic rings. The topological polar surface area (TPSA) is 75.4 Å². The number of amides is 1. The minimum absolute atomic E-state index is 0.0955. The average Bonchev–Trinajstić information content (AvgIpc) is 3.24. The van der Waals surface area contributed by atoms with Crippen LogP contribution in [0.1, 0.15) is 55.9 Å². The van der Waals surface area contributed by atoms with Crippen LogP contribution in [0, 0.1) is 0 Å². The summed E-state index contributed by atoms with van der Waals surface area (Å²) in [5.74, 6) is 1.57. The summed E-state index contributed by atoms with van der Waals surface area (Å²) in [6.07, 6.45) is 5.41. The Morgan fingerprint density at radius 2 is 2.32 bits per heavy atom. The first-order valence-corrected chi connectivity index (χ1v) is 8.75. The highest BCUT2D eigenvalue weighted by atomic mass is 16.5. The fraction of sp³-hybridized carbons (Fsp3) is 0.556. The van der Waals surface area contributed by atoms with Gasteiger partial charge in [-0.05, 0) is 31.5 Å². The second-order valence-electron chi connectivity index (χ2n) is 6.92. The quantitative estimate of drug-likeness (QED) is 0.802. The molecular formula is C18H25N5O2. The molecule has 0 radical (unpaired) electrons. The highest BCUT2D eigenvalue weighted by Gasteiger charge is 2.34. The molecule has 0 aliphatic carbocycles. The first-order chi connectivity index (χ1) is 12.0. The number of carbonyl (C=O) groups is 1. The number of likely N-dealkylation sites (N-methyl/N-ethyl adjacent to an activating group) is 1. The van der Waals surface area contributed by atoms with Crippen LogP contribution in [0.2, 0.25) is 0 Å². The maximum atomic E-state index is 12.7. The van der Waals surface area contributed by atoms with Crippen molar-refractivity contribution in [2.75, 3.05) is 20.1 Å². The Kier molecular flexibility index (Phi) is 5.43. The van der Waals surface area contributed by atoms with Crippen molar-refractivity contribution >= 4 is 5.91 Å². The lowest BCUT2D eigenvalue weighted by Crippen LogP contribution is -2.38. The number of carbonyl (C=O) groups excluding carboxylic acids is 1. The second kappa shape index (κ2) is 7.74. The molecule has 0 aromatic carbocycles. The lowest BCUT2D eigenvalue weighted by molar-refractivity contribution is -0.133. The van der Waals surface area contributed by atoms with Gasteiger partial charge in [-0.2, -0.15) is 4.98 Å². The van der Waals surface area contributed by atoms with Gasteiger partial charge >= 0.3 is 0 Å². The Morgan fingerprint density at radius 3 is 3.00 bits per heavy atom. The van der Waals surface area contributed by atoms with Gasteiger partial charge in [0.1, 0.15) is 6.04 Å². The second-order valence-corrected chi connectivity index (χ2v) is 6.92. The molecule has 7 heteroatoms. The van der Waals surface area contributed by atoms with Crippen LogP contribution in [0.3, 0.4) is 0 Å². The van der Waals surface area contributed by atoms with Gasteiger partial charge < -0.3 is 9.42 Å². The van der Waals surface area contributed by atoms with Gasteiger partial charge in [-0.15, -0.1) is 0 Å². The van der Waals surface area contributed by atoms with Gasteiger partial charge in [-0.3, -0.25) is 14.7 Å². The van der Waals surface area contributed by atoms with E-state index < -0.39 is 0 Å². The van der Waals surface area contributed by atoms with Gasteiger partial charge in [0.25, 0.3) is 0 Å². The van der Waals surface area contributed by atoms with Gasteiger partial charge in [0, 0.05) is 31.4 Å². The van der Waals surface area contributed by atoms with Crippen molar-refractivity contribution < 1.29 is 9.32 Å². The van der Waals surface area contributed by atoms with Gasteiger partial charge in [0.2, 0.25) is 11.8 Å². The molecule has 1 saturated heterocycles. The predicted molar refractivity (Wildman–Crippen MR) is 92.6 cm³/mol. The van der Waals surface area contributed by atoms with Crippen molar-refractivity contribution in [2.45, 2.75) is 45.2 Å². The number of hydrogen-bond donors (Lipinski definition) is 0. The standard InChI is InChI=1S/C18H25N5O2/c1-13(2)17-20-18(25-21-17)15-7-5-9-23(15)16(24)12-22(3)11-14-6-4-8-19-10-14/h4,6,8,10,13,15H,5,7,9,11-12H2,1-3H3/t15-/m1/s1. The fourth-order valence-electron chi connectivity index (χ4n) is 3.12. The highest BCUT2D eigenvalue weighted by molar-refractivity contribution is 5.79. The molecule has 0 N–H and O–H groups in total. The average molecular weight is 343 g/mol. The highest BCUT2D eigenvalue weighted by Crippen LogP contribution is 2.31. The Morgan fingerprint density at radius 1 is 1.48 bits per heavy atom. The third kappa shape index (κ3) is 4.22. The van der Waals surface area contributed by atoms with Crippen LogP contribution < -0.4 is 0 Å². The van der Waals surface area contributed by atoms with Gasteiger partial charge in [0.15, 0.2) is 5.82 Å². The van der Waals surface area contributed by atoms with E-state index >= 15 is 0 Å². The number of hydrogen-bond acceptors (Lipinski definition) is 6. The Labute approximate surface area is 148 Å². The van der Waals surface area contributed by atoms with Crippen LogP contribution in [0.25, 0.3) is 0 Å². The van der Waals surface area contributed by atoms with Crippen molar-refractivity contribution in [1.82, 2.24) is 24.9 Å². The zero-order valence-electron chi connectivity index (χ0n) is 15.1. The molecule has 25 heavy (non-hydrogen) atoms. The first-order valence-electron chi connectivity index (χ1n) is 8.75. The molecule has 7 nitrogen and oxygen atoms in total. The van der Waals surface area contributed by atoms with E-state index in [1.165, 1.54) is 0 Å². The van der Waals surface area contributed by atoms with E-state index in [1.54, 1.807) is 6.20 Å². The summed E-state index contributed by atoms with van der Waals surface area (Å²) < 4.78 is 5.41. The summed E-state index contributed by atoms with van der Waals surface area (Å²) in [6, 6.07) is 3.82. The number of nitrogens with zero attached hydrogens (tertiary/aromatic N) is 5. The summed E-state index contributed by atoms with van der Waals surface area (Å²) in [5.41, 5.74) is 1.09. The predicted octanol–water partition coefficient (Wildman–Crippen LogP) is 2.38. The Balaban J connectivity index is 1.62. The number of rotatable bonds is 6. The minimum Gasteiger partial charge on any atom is -0.337 e. The summed E-state index contributed by atoms with van der Waals surface area (Å²) in [4.78, 5) is 25.2. The third-order valence-corrected chi connectivity index (χ3v) is 4.41. The summed E-state index contributed by atoms with van der Waals surface area (Å²) in [7, 11) is 1.94. The van der Waals surface area contributed by atoms with Crippen LogP contribution in [0.4, 0.5) is 0 Å². The van der Waals surface area contributed by atoms with E-state index in [0.717, 1.165) is 24.9 Å². The zero-order valence-corrected chi connectivity index (χ0v) is 15.1. The van der Waals surface area contributed by atoms with E-state index in [0.29, 0.717) is 24.8 Å². The molecule has 1 amide bonds. The van der Waals surface area contributed by atoms with Crippen LogP contribution in [0.15, 0.2) is 29.0 Å². The summed E-state index contributed by atoms with van der Waals surface area (Å²) in [6.45, 7) is 5.84. The maximum Gasteiger partial charge on any atom is 0.249 e. The SMILES string of the molecule is CC(C)c1noc([C@H]2CCCN2C(=O)CN(C)Cc2cccnc2)n1. The lowest BCUT2D eigenvalue weighted by atomic mass is 10.2. The van der Waals surface area contributed by atoms with Crippen LogP contribution in [0.5, 0.6) is 0 Å². The number of likely N-dealkylation sites (tertiary alicyclic amines) is 1. The van der Waals surface area contributed by atoms with Crippen LogP contribution in [-0.2, 0) is 11.3 Å². The van der Waals surface area contributed by atoms with E-state index in [2.05, 4.69) is 15.1 Å². The van der Waals surface area contributed by atoms with Gasteiger partial charge in [-0.1, -0.05) is 25.1 Å². The smallest absolute Gasteiger partial charge is 0.249 e.